The number of carbonyl (C=O) groups is 1. The zero-order chi connectivity index (χ0) is 16.1. The number of carbonyl (C=O) groups excluding carboxylic acids is 1. The molecule has 1 aliphatic heterocycles. The quantitative estimate of drug-likeness (QED) is 0.887. The summed E-state index contributed by atoms with van der Waals surface area (Å²) >= 11 is 7.45. The van der Waals surface area contributed by atoms with E-state index < -0.39 is 5.54 Å². The van der Waals surface area contributed by atoms with Gasteiger partial charge in [0.25, 0.3) is 0 Å². The lowest BCUT2D eigenvalue weighted by Gasteiger charge is -2.65. The van der Waals surface area contributed by atoms with E-state index in [1.54, 1.807) is 0 Å². The van der Waals surface area contributed by atoms with Crippen LogP contribution in [-0.4, -0.2) is 24.2 Å². The molecule has 3 N–H and O–H groups in total. The van der Waals surface area contributed by atoms with Crippen molar-refractivity contribution in [1.29, 1.82) is 0 Å². The monoisotopic (exact) mass is 342 g/mol. The first-order valence-electron chi connectivity index (χ1n) is 7.75. The van der Waals surface area contributed by atoms with E-state index in [-0.39, 0.29) is 29.4 Å². The molecule has 4 nitrogen and oxygen atoms in total. The van der Waals surface area contributed by atoms with Gasteiger partial charge in [-0.15, -0.1) is 11.3 Å². The molecule has 1 aromatic rings. The molecule has 3 rings (SSSR count). The molecule has 0 aromatic carbocycles. The third-order valence-electron chi connectivity index (χ3n) is 5.43. The molecule has 6 heteroatoms. The third kappa shape index (κ3) is 2.21. The molecule has 4 unspecified atom stereocenters. The predicted octanol–water partition coefficient (Wildman–Crippen LogP) is 3.11. The molecule has 22 heavy (non-hydrogen) atoms. The van der Waals surface area contributed by atoms with E-state index in [1.807, 2.05) is 32.9 Å². The molecule has 1 aromatic heterocycles. The molecule has 1 aliphatic carbocycles. The van der Waals surface area contributed by atoms with Crippen LogP contribution in [0.4, 0.5) is 0 Å². The Hall–Kier alpha value is -0.620. The number of rotatable bonds is 3. The molecule has 1 saturated carbocycles. The second kappa shape index (κ2) is 5.48. The number of thiophene rings is 1. The minimum atomic E-state index is -0.868. The standard InChI is InChI=1S/C16H23ClN2O2S/c1-9(11-6-7-12(17)22-11)19-14(20)16(18)10-5-4-8-21-13(10)15(16,2)3/h6-7,9-10,13H,4-5,8,18H2,1-3H3,(H,19,20). The summed E-state index contributed by atoms with van der Waals surface area (Å²) in [7, 11) is 0. The molecular weight excluding hydrogens is 320 g/mol. The van der Waals surface area contributed by atoms with E-state index in [0.29, 0.717) is 0 Å². The van der Waals surface area contributed by atoms with Gasteiger partial charge >= 0.3 is 0 Å². The summed E-state index contributed by atoms with van der Waals surface area (Å²) in [6.45, 7) is 6.80. The van der Waals surface area contributed by atoms with Crippen LogP contribution >= 0.6 is 22.9 Å². The van der Waals surface area contributed by atoms with Crippen molar-refractivity contribution >= 4 is 28.8 Å². The molecule has 2 heterocycles. The summed E-state index contributed by atoms with van der Waals surface area (Å²) in [5, 5.41) is 3.07. The number of halogens is 1. The predicted molar refractivity (Wildman–Crippen MR) is 89.1 cm³/mol. The number of hydrogen-bond donors (Lipinski definition) is 2. The van der Waals surface area contributed by atoms with E-state index in [4.69, 9.17) is 22.1 Å². The first-order chi connectivity index (χ1) is 10.3. The summed E-state index contributed by atoms with van der Waals surface area (Å²) in [5.74, 6) is 0.0247. The van der Waals surface area contributed by atoms with Gasteiger partial charge < -0.3 is 15.8 Å². The van der Waals surface area contributed by atoms with E-state index >= 15 is 0 Å². The maximum absolute atomic E-state index is 12.9. The highest BCUT2D eigenvalue weighted by Crippen LogP contribution is 2.57. The van der Waals surface area contributed by atoms with Crippen LogP contribution in [0.25, 0.3) is 0 Å². The first-order valence-corrected chi connectivity index (χ1v) is 8.94. The number of nitrogens with two attached hydrogens (primary N) is 1. The maximum Gasteiger partial charge on any atom is 0.241 e. The van der Waals surface area contributed by atoms with Gasteiger partial charge in [-0.25, -0.2) is 0 Å². The Bertz CT molecular complexity index is 588. The van der Waals surface area contributed by atoms with Gasteiger partial charge in [0.15, 0.2) is 0 Å². The number of ether oxygens (including phenoxy) is 1. The molecule has 2 fully saturated rings. The molecule has 0 spiro atoms. The van der Waals surface area contributed by atoms with E-state index in [1.165, 1.54) is 11.3 Å². The molecule has 1 saturated heterocycles. The number of nitrogens with one attached hydrogen (secondary N) is 1. The normalized spacial score (nSPS) is 34.4. The topological polar surface area (TPSA) is 64.4 Å². The Kier molecular flexibility index (Phi) is 4.05. The van der Waals surface area contributed by atoms with Crippen molar-refractivity contribution < 1.29 is 9.53 Å². The highest BCUT2D eigenvalue weighted by atomic mass is 35.5. The second-order valence-corrected chi connectivity index (χ2v) is 8.71. The lowest BCUT2D eigenvalue weighted by atomic mass is 9.46. The molecule has 0 bridgehead atoms. The lowest BCUT2D eigenvalue weighted by Crippen LogP contribution is -2.82. The molecule has 122 valence electrons. The van der Waals surface area contributed by atoms with Crippen LogP contribution in [0.1, 0.15) is 44.5 Å². The minimum absolute atomic E-state index is 0.0822. The van der Waals surface area contributed by atoms with Gasteiger partial charge in [0.2, 0.25) is 5.91 Å². The summed E-state index contributed by atoms with van der Waals surface area (Å²) in [4.78, 5) is 13.9. The summed E-state index contributed by atoms with van der Waals surface area (Å²) < 4.78 is 6.58. The van der Waals surface area contributed by atoms with E-state index in [2.05, 4.69) is 5.32 Å². The van der Waals surface area contributed by atoms with Gasteiger partial charge in [0.05, 0.1) is 16.5 Å². The van der Waals surface area contributed by atoms with Crippen molar-refractivity contribution in [2.75, 3.05) is 6.61 Å². The van der Waals surface area contributed by atoms with Crippen molar-refractivity contribution in [2.45, 2.75) is 51.3 Å². The Morgan fingerprint density at radius 2 is 2.27 bits per heavy atom. The average molecular weight is 343 g/mol. The molecule has 0 radical (unpaired) electrons. The number of hydrogen-bond acceptors (Lipinski definition) is 4. The van der Waals surface area contributed by atoms with Crippen LogP contribution in [0.2, 0.25) is 4.34 Å². The fourth-order valence-corrected chi connectivity index (χ4v) is 5.05. The highest BCUT2D eigenvalue weighted by molar-refractivity contribution is 7.16. The van der Waals surface area contributed by atoms with Gasteiger partial charge in [0, 0.05) is 22.8 Å². The lowest BCUT2D eigenvalue weighted by molar-refractivity contribution is -0.225. The number of fused-ring (bicyclic) bond motifs is 1. The van der Waals surface area contributed by atoms with Crippen LogP contribution in [-0.2, 0) is 9.53 Å². The van der Waals surface area contributed by atoms with Crippen molar-refractivity contribution in [3.8, 4) is 0 Å². The van der Waals surface area contributed by atoms with Crippen molar-refractivity contribution in [3.63, 3.8) is 0 Å². The van der Waals surface area contributed by atoms with Crippen molar-refractivity contribution in [3.05, 3.63) is 21.3 Å². The van der Waals surface area contributed by atoms with Gasteiger partial charge in [-0.1, -0.05) is 25.4 Å². The van der Waals surface area contributed by atoms with E-state index in [0.717, 1.165) is 28.7 Å². The van der Waals surface area contributed by atoms with Gasteiger partial charge in [-0.05, 0) is 31.9 Å². The zero-order valence-corrected chi connectivity index (χ0v) is 14.8. The second-order valence-electron chi connectivity index (χ2n) is 6.97. The van der Waals surface area contributed by atoms with E-state index in [9.17, 15) is 4.79 Å². The summed E-state index contributed by atoms with van der Waals surface area (Å²) in [6.07, 6.45) is 2.01. The molecule has 4 atom stereocenters. The van der Waals surface area contributed by atoms with Crippen molar-refractivity contribution in [1.82, 2.24) is 5.32 Å². The van der Waals surface area contributed by atoms with Gasteiger partial charge in [0.1, 0.15) is 5.54 Å². The fraction of sp³-hybridized carbons (Fsp3) is 0.688. The van der Waals surface area contributed by atoms with Crippen LogP contribution in [0.15, 0.2) is 12.1 Å². The maximum atomic E-state index is 12.9. The Balaban J connectivity index is 1.76. The van der Waals surface area contributed by atoms with Crippen LogP contribution in [0.3, 0.4) is 0 Å². The van der Waals surface area contributed by atoms with Crippen molar-refractivity contribution in [2.24, 2.45) is 17.1 Å². The Morgan fingerprint density at radius 1 is 1.55 bits per heavy atom. The minimum Gasteiger partial charge on any atom is -0.377 e. The Morgan fingerprint density at radius 3 is 2.91 bits per heavy atom. The number of amides is 1. The van der Waals surface area contributed by atoms with Crippen LogP contribution < -0.4 is 11.1 Å². The average Bonchev–Trinajstić information content (AvgIpc) is 2.93. The molecule has 1 amide bonds. The smallest absolute Gasteiger partial charge is 0.241 e. The molecular formula is C16H23ClN2O2S. The summed E-state index contributed by atoms with van der Waals surface area (Å²) in [5.41, 5.74) is 5.38. The Labute approximate surface area is 140 Å². The zero-order valence-electron chi connectivity index (χ0n) is 13.2. The van der Waals surface area contributed by atoms with Gasteiger partial charge in [-0.2, -0.15) is 0 Å². The fourth-order valence-electron chi connectivity index (χ4n) is 3.98. The first kappa shape index (κ1) is 16.2. The molecule has 2 aliphatic rings. The van der Waals surface area contributed by atoms with Crippen LogP contribution in [0, 0.1) is 11.3 Å². The highest BCUT2D eigenvalue weighted by Gasteiger charge is 2.70. The van der Waals surface area contributed by atoms with Gasteiger partial charge in [-0.3, -0.25) is 4.79 Å². The largest absolute Gasteiger partial charge is 0.377 e. The third-order valence-corrected chi connectivity index (χ3v) is 6.84. The van der Waals surface area contributed by atoms with Crippen LogP contribution in [0.5, 0.6) is 0 Å². The SMILES string of the molecule is CC(NC(=O)C1(N)C2CCCOC2C1(C)C)c1ccc(Cl)s1. The summed E-state index contributed by atoms with van der Waals surface area (Å²) in [6, 6.07) is 3.70.